The van der Waals surface area contributed by atoms with Gasteiger partial charge in [-0.25, -0.2) is 4.98 Å². The minimum absolute atomic E-state index is 0.0817. The molecule has 0 aliphatic carbocycles. The van der Waals surface area contributed by atoms with Crippen LogP contribution in [0, 0.1) is 6.92 Å². The Morgan fingerprint density at radius 2 is 1.76 bits per heavy atom. The average Bonchev–Trinajstić information content (AvgIpc) is 2.44. The predicted octanol–water partition coefficient (Wildman–Crippen LogP) is 2.56. The van der Waals surface area contributed by atoms with Crippen LogP contribution in [-0.2, 0) is 9.47 Å². The van der Waals surface area contributed by atoms with Crippen molar-refractivity contribution in [1.29, 1.82) is 0 Å². The maximum Gasteiger partial charge on any atom is 0.254 e. The standard InChI is InChI=1S/C15H23ClN2O3/c1-4-20-8-6-18(7-9-21-5-2)15(19)13-10-12(3)17-14(16)11-13/h10-11H,4-9H2,1-3H3. The predicted molar refractivity (Wildman–Crippen MR) is 82.9 cm³/mol. The van der Waals surface area contributed by atoms with Crippen LogP contribution in [0.1, 0.15) is 29.9 Å². The van der Waals surface area contributed by atoms with E-state index in [1.54, 1.807) is 17.0 Å². The Hall–Kier alpha value is -1.17. The molecule has 0 spiro atoms. The van der Waals surface area contributed by atoms with E-state index in [1.807, 2.05) is 20.8 Å². The van der Waals surface area contributed by atoms with E-state index < -0.39 is 0 Å². The second kappa shape index (κ2) is 9.71. The lowest BCUT2D eigenvalue weighted by Crippen LogP contribution is -2.36. The molecule has 1 rings (SSSR count). The fourth-order valence-corrected chi connectivity index (χ4v) is 2.14. The summed E-state index contributed by atoms with van der Waals surface area (Å²) in [5.41, 5.74) is 1.26. The van der Waals surface area contributed by atoms with Crippen molar-refractivity contribution < 1.29 is 14.3 Å². The van der Waals surface area contributed by atoms with Crippen LogP contribution in [-0.4, -0.2) is 55.3 Å². The molecule has 1 aromatic heterocycles. The number of aromatic nitrogens is 1. The molecule has 1 heterocycles. The van der Waals surface area contributed by atoms with Gasteiger partial charge in [0.1, 0.15) is 5.15 Å². The molecular weight excluding hydrogens is 292 g/mol. The molecule has 6 heteroatoms. The van der Waals surface area contributed by atoms with E-state index in [1.165, 1.54) is 0 Å². The Bertz CT molecular complexity index is 424. The van der Waals surface area contributed by atoms with Crippen molar-refractivity contribution in [1.82, 2.24) is 9.88 Å². The molecule has 0 atom stereocenters. The monoisotopic (exact) mass is 314 g/mol. The number of rotatable bonds is 9. The summed E-state index contributed by atoms with van der Waals surface area (Å²) in [7, 11) is 0. The lowest BCUT2D eigenvalue weighted by Gasteiger charge is -2.22. The Morgan fingerprint density at radius 3 is 2.24 bits per heavy atom. The number of hydrogen-bond acceptors (Lipinski definition) is 4. The molecule has 0 fully saturated rings. The van der Waals surface area contributed by atoms with Crippen LogP contribution < -0.4 is 0 Å². The van der Waals surface area contributed by atoms with Gasteiger partial charge in [-0.3, -0.25) is 4.79 Å². The van der Waals surface area contributed by atoms with Gasteiger partial charge in [-0.1, -0.05) is 11.6 Å². The highest BCUT2D eigenvalue weighted by Gasteiger charge is 2.16. The van der Waals surface area contributed by atoms with Gasteiger partial charge in [0.05, 0.1) is 13.2 Å². The number of aryl methyl sites for hydroxylation is 1. The quantitative estimate of drug-likeness (QED) is 0.519. The highest BCUT2D eigenvalue weighted by molar-refractivity contribution is 6.29. The largest absolute Gasteiger partial charge is 0.380 e. The third-order valence-corrected chi connectivity index (χ3v) is 3.07. The maximum absolute atomic E-state index is 12.6. The Labute approximate surface area is 131 Å². The first-order chi connectivity index (χ1) is 10.1. The summed E-state index contributed by atoms with van der Waals surface area (Å²) in [5.74, 6) is -0.0817. The molecule has 0 saturated carbocycles. The van der Waals surface area contributed by atoms with E-state index in [-0.39, 0.29) is 5.91 Å². The lowest BCUT2D eigenvalue weighted by molar-refractivity contribution is 0.0550. The van der Waals surface area contributed by atoms with Crippen molar-refractivity contribution in [2.75, 3.05) is 39.5 Å². The zero-order chi connectivity index (χ0) is 15.7. The van der Waals surface area contributed by atoms with Crippen LogP contribution in [0.15, 0.2) is 12.1 Å². The molecule has 118 valence electrons. The molecule has 0 radical (unpaired) electrons. The number of pyridine rings is 1. The van der Waals surface area contributed by atoms with Gasteiger partial charge in [0.25, 0.3) is 5.91 Å². The van der Waals surface area contributed by atoms with Crippen LogP contribution >= 0.6 is 11.6 Å². The van der Waals surface area contributed by atoms with E-state index in [0.717, 1.165) is 5.69 Å². The van der Waals surface area contributed by atoms with Gasteiger partial charge in [-0.05, 0) is 32.9 Å². The first kappa shape index (κ1) is 17.9. The first-order valence-electron chi connectivity index (χ1n) is 7.17. The second-order valence-electron chi connectivity index (χ2n) is 4.51. The topological polar surface area (TPSA) is 51.7 Å². The second-order valence-corrected chi connectivity index (χ2v) is 4.89. The summed E-state index contributed by atoms with van der Waals surface area (Å²) in [5, 5.41) is 0.327. The van der Waals surface area contributed by atoms with Crippen LogP contribution in [0.25, 0.3) is 0 Å². The number of hydrogen-bond donors (Lipinski definition) is 0. The molecule has 0 aliphatic rings. The lowest BCUT2D eigenvalue weighted by atomic mass is 10.2. The molecule has 1 amide bonds. The minimum Gasteiger partial charge on any atom is -0.380 e. The third kappa shape index (κ3) is 6.42. The van der Waals surface area contributed by atoms with E-state index in [2.05, 4.69) is 4.98 Å². The van der Waals surface area contributed by atoms with Crippen LogP contribution in [0.2, 0.25) is 5.15 Å². The summed E-state index contributed by atoms with van der Waals surface area (Å²) in [6, 6.07) is 3.33. The zero-order valence-corrected chi connectivity index (χ0v) is 13.7. The fourth-order valence-electron chi connectivity index (χ4n) is 1.89. The van der Waals surface area contributed by atoms with Gasteiger partial charge in [0.15, 0.2) is 0 Å². The molecule has 0 aromatic carbocycles. The molecule has 1 aromatic rings. The molecule has 0 saturated heterocycles. The number of amides is 1. The van der Waals surface area contributed by atoms with Gasteiger partial charge < -0.3 is 14.4 Å². The Balaban J connectivity index is 2.76. The normalized spacial score (nSPS) is 10.7. The molecule has 0 aliphatic heterocycles. The fraction of sp³-hybridized carbons (Fsp3) is 0.600. The summed E-state index contributed by atoms with van der Waals surface area (Å²) in [6.45, 7) is 9.00. The SMILES string of the molecule is CCOCCN(CCOCC)C(=O)c1cc(C)nc(Cl)c1. The van der Waals surface area contributed by atoms with Crippen molar-refractivity contribution in [3.05, 3.63) is 28.5 Å². The summed E-state index contributed by atoms with van der Waals surface area (Å²) in [6.07, 6.45) is 0. The number of nitrogens with zero attached hydrogens (tertiary/aromatic N) is 2. The summed E-state index contributed by atoms with van der Waals surface area (Å²) in [4.78, 5) is 18.4. The van der Waals surface area contributed by atoms with Crippen LogP contribution in [0.5, 0.6) is 0 Å². The van der Waals surface area contributed by atoms with E-state index in [4.69, 9.17) is 21.1 Å². The number of carbonyl (C=O) groups is 1. The maximum atomic E-state index is 12.6. The highest BCUT2D eigenvalue weighted by Crippen LogP contribution is 2.12. The molecular formula is C15H23ClN2O3. The van der Waals surface area contributed by atoms with Gasteiger partial charge in [0.2, 0.25) is 0 Å². The molecule has 21 heavy (non-hydrogen) atoms. The molecule has 5 nitrogen and oxygen atoms in total. The summed E-state index contributed by atoms with van der Waals surface area (Å²) >= 11 is 5.92. The minimum atomic E-state index is -0.0817. The van der Waals surface area contributed by atoms with Crippen molar-refractivity contribution in [2.24, 2.45) is 0 Å². The first-order valence-corrected chi connectivity index (χ1v) is 7.55. The summed E-state index contributed by atoms with van der Waals surface area (Å²) < 4.78 is 10.7. The van der Waals surface area contributed by atoms with Crippen molar-refractivity contribution in [3.8, 4) is 0 Å². The Kier molecular flexibility index (Phi) is 8.27. The van der Waals surface area contributed by atoms with Gasteiger partial charge in [0, 0.05) is 37.6 Å². The molecule has 0 bridgehead atoms. The van der Waals surface area contributed by atoms with Crippen molar-refractivity contribution in [2.45, 2.75) is 20.8 Å². The van der Waals surface area contributed by atoms with Gasteiger partial charge >= 0.3 is 0 Å². The highest BCUT2D eigenvalue weighted by atomic mass is 35.5. The molecule has 0 N–H and O–H groups in total. The van der Waals surface area contributed by atoms with Crippen LogP contribution in [0.3, 0.4) is 0 Å². The number of halogens is 1. The van der Waals surface area contributed by atoms with E-state index in [0.29, 0.717) is 50.2 Å². The Morgan fingerprint density at radius 1 is 1.19 bits per heavy atom. The zero-order valence-electron chi connectivity index (χ0n) is 12.9. The van der Waals surface area contributed by atoms with Gasteiger partial charge in [-0.15, -0.1) is 0 Å². The van der Waals surface area contributed by atoms with Crippen molar-refractivity contribution in [3.63, 3.8) is 0 Å². The third-order valence-electron chi connectivity index (χ3n) is 2.88. The van der Waals surface area contributed by atoms with Gasteiger partial charge in [-0.2, -0.15) is 0 Å². The van der Waals surface area contributed by atoms with Crippen LogP contribution in [0.4, 0.5) is 0 Å². The van der Waals surface area contributed by atoms with Crippen molar-refractivity contribution >= 4 is 17.5 Å². The van der Waals surface area contributed by atoms with E-state index >= 15 is 0 Å². The number of ether oxygens (including phenoxy) is 2. The smallest absolute Gasteiger partial charge is 0.254 e. The number of carbonyl (C=O) groups excluding carboxylic acids is 1. The van der Waals surface area contributed by atoms with E-state index in [9.17, 15) is 4.79 Å². The molecule has 0 unspecified atom stereocenters. The average molecular weight is 315 g/mol.